The minimum Gasteiger partial charge on any atom is -0.298 e. The molecule has 0 atom stereocenters. The summed E-state index contributed by atoms with van der Waals surface area (Å²) in [5, 5.41) is 3.49. The van der Waals surface area contributed by atoms with Gasteiger partial charge in [-0.3, -0.25) is 4.90 Å². The van der Waals surface area contributed by atoms with Crippen molar-refractivity contribution in [2.45, 2.75) is 58.0 Å². The number of hydrogen-bond acceptors (Lipinski definition) is 3. The van der Waals surface area contributed by atoms with Crippen LogP contribution in [0.4, 0.5) is 0 Å². The van der Waals surface area contributed by atoms with E-state index in [-0.39, 0.29) is 0 Å². The average Bonchev–Trinajstić information content (AvgIpc) is 2.78. The van der Waals surface area contributed by atoms with Crippen LogP contribution in [0.1, 0.15) is 49.7 Å². The van der Waals surface area contributed by atoms with Crippen LogP contribution in [0.5, 0.6) is 0 Å². The number of hydrogen-bond donors (Lipinski definition) is 0. The first-order valence-corrected chi connectivity index (χ1v) is 7.31. The standard InChI is InChI=1S/C13H22N2S/c1-3-13-14-11(10-16-13)9-15(2)12-7-5-4-6-8-12/h10,12H,3-9H2,1-2H3. The van der Waals surface area contributed by atoms with Gasteiger partial charge in [0.05, 0.1) is 10.7 Å². The van der Waals surface area contributed by atoms with Gasteiger partial charge in [0.1, 0.15) is 0 Å². The van der Waals surface area contributed by atoms with Crippen molar-refractivity contribution in [2.24, 2.45) is 0 Å². The largest absolute Gasteiger partial charge is 0.298 e. The Morgan fingerprint density at radius 3 is 2.75 bits per heavy atom. The van der Waals surface area contributed by atoms with E-state index in [2.05, 4.69) is 29.2 Å². The fourth-order valence-corrected chi connectivity index (χ4v) is 3.23. The smallest absolute Gasteiger partial charge is 0.0926 e. The van der Waals surface area contributed by atoms with E-state index in [0.717, 1.165) is 19.0 Å². The second kappa shape index (κ2) is 5.78. The summed E-state index contributed by atoms with van der Waals surface area (Å²) < 4.78 is 0. The number of thiazole rings is 1. The summed E-state index contributed by atoms with van der Waals surface area (Å²) in [5.41, 5.74) is 1.26. The highest BCUT2D eigenvalue weighted by molar-refractivity contribution is 7.09. The normalized spacial score (nSPS) is 18.2. The van der Waals surface area contributed by atoms with Crippen LogP contribution in [0, 0.1) is 0 Å². The van der Waals surface area contributed by atoms with E-state index >= 15 is 0 Å². The zero-order valence-corrected chi connectivity index (χ0v) is 11.2. The predicted octanol–water partition coefficient (Wildman–Crippen LogP) is 3.47. The van der Waals surface area contributed by atoms with Gasteiger partial charge in [-0.2, -0.15) is 0 Å². The lowest BCUT2D eigenvalue weighted by atomic mass is 9.94. The first-order valence-electron chi connectivity index (χ1n) is 6.43. The fourth-order valence-electron chi connectivity index (χ4n) is 2.49. The fraction of sp³-hybridized carbons (Fsp3) is 0.769. The van der Waals surface area contributed by atoms with Crippen LogP contribution in [-0.4, -0.2) is 23.0 Å². The van der Waals surface area contributed by atoms with Crippen molar-refractivity contribution in [2.75, 3.05) is 7.05 Å². The molecule has 1 aliphatic carbocycles. The van der Waals surface area contributed by atoms with Gasteiger partial charge < -0.3 is 0 Å². The summed E-state index contributed by atoms with van der Waals surface area (Å²) in [6, 6.07) is 0.792. The summed E-state index contributed by atoms with van der Waals surface area (Å²) >= 11 is 1.80. The summed E-state index contributed by atoms with van der Waals surface area (Å²) in [4.78, 5) is 7.13. The Balaban J connectivity index is 1.87. The van der Waals surface area contributed by atoms with Crippen molar-refractivity contribution >= 4 is 11.3 Å². The molecule has 2 nitrogen and oxygen atoms in total. The molecule has 1 heterocycles. The highest BCUT2D eigenvalue weighted by Gasteiger charge is 2.18. The van der Waals surface area contributed by atoms with Gasteiger partial charge in [0.25, 0.3) is 0 Å². The van der Waals surface area contributed by atoms with E-state index in [1.807, 2.05) is 0 Å². The maximum absolute atomic E-state index is 4.64. The maximum atomic E-state index is 4.64. The lowest BCUT2D eigenvalue weighted by molar-refractivity contribution is 0.183. The monoisotopic (exact) mass is 238 g/mol. The second-order valence-corrected chi connectivity index (χ2v) is 5.74. The van der Waals surface area contributed by atoms with Gasteiger partial charge in [0, 0.05) is 18.0 Å². The molecule has 1 fully saturated rings. The van der Waals surface area contributed by atoms with Crippen molar-refractivity contribution < 1.29 is 0 Å². The van der Waals surface area contributed by atoms with Gasteiger partial charge in [-0.05, 0) is 26.3 Å². The Morgan fingerprint density at radius 2 is 2.12 bits per heavy atom. The molecule has 0 aliphatic heterocycles. The molecule has 0 unspecified atom stereocenters. The summed E-state index contributed by atoms with van der Waals surface area (Å²) in [6.45, 7) is 3.20. The van der Waals surface area contributed by atoms with Gasteiger partial charge >= 0.3 is 0 Å². The summed E-state index contributed by atoms with van der Waals surface area (Å²) in [6.07, 6.45) is 8.07. The third-order valence-electron chi connectivity index (χ3n) is 3.51. The number of aromatic nitrogens is 1. The minimum absolute atomic E-state index is 0.792. The second-order valence-electron chi connectivity index (χ2n) is 4.79. The number of aryl methyl sites for hydroxylation is 1. The van der Waals surface area contributed by atoms with E-state index in [4.69, 9.17) is 0 Å². The Kier molecular flexibility index (Phi) is 4.36. The van der Waals surface area contributed by atoms with E-state index in [1.165, 1.54) is 42.8 Å². The molecule has 0 aromatic carbocycles. The molecule has 1 aromatic heterocycles. The number of nitrogens with zero attached hydrogens (tertiary/aromatic N) is 2. The van der Waals surface area contributed by atoms with Crippen molar-refractivity contribution in [3.8, 4) is 0 Å². The van der Waals surface area contributed by atoms with Crippen molar-refractivity contribution in [1.82, 2.24) is 9.88 Å². The molecule has 0 bridgehead atoms. The SMILES string of the molecule is CCc1nc(CN(C)C2CCCCC2)cs1. The van der Waals surface area contributed by atoms with Gasteiger partial charge in [-0.1, -0.05) is 26.2 Å². The molecule has 0 amide bonds. The van der Waals surface area contributed by atoms with Crippen molar-refractivity contribution in [3.63, 3.8) is 0 Å². The summed E-state index contributed by atoms with van der Waals surface area (Å²) in [5.74, 6) is 0. The zero-order valence-electron chi connectivity index (χ0n) is 10.4. The van der Waals surface area contributed by atoms with Crippen LogP contribution in [0.3, 0.4) is 0 Å². The highest BCUT2D eigenvalue weighted by Crippen LogP contribution is 2.23. The van der Waals surface area contributed by atoms with E-state index in [0.29, 0.717) is 0 Å². The van der Waals surface area contributed by atoms with Crippen LogP contribution < -0.4 is 0 Å². The quantitative estimate of drug-likeness (QED) is 0.798. The molecule has 1 aromatic rings. The van der Waals surface area contributed by atoms with E-state index in [1.54, 1.807) is 11.3 Å². The molecule has 16 heavy (non-hydrogen) atoms. The average molecular weight is 238 g/mol. The topological polar surface area (TPSA) is 16.1 Å². The minimum atomic E-state index is 0.792. The molecular weight excluding hydrogens is 216 g/mol. The van der Waals surface area contributed by atoms with Crippen LogP contribution in [0.15, 0.2) is 5.38 Å². The Morgan fingerprint density at radius 1 is 1.38 bits per heavy atom. The molecule has 0 N–H and O–H groups in total. The van der Waals surface area contributed by atoms with Crippen LogP contribution in [0.25, 0.3) is 0 Å². The summed E-state index contributed by atoms with van der Waals surface area (Å²) in [7, 11) is 2.25. The molecule has 2 rings (SSSR count). The third kappa shape index (κ3) is 3.05. The molecule has 3 heteroatoms. The molecule has 0 radical (unpaired) electrons. The van der Waals surface area contributed by atoms with E-state index in [9.17, 15) is 0 Å². The predicted molar refractivity (Wildman–Crippen MR) is 69.8 cm³/mol. The van der Waals surface area contributed by atoms with Gasteiger partial charge in [-0.25, -0.2) is 4.98 Å². The van der Waals surface area contributed by atoms with Crippen molar-refractivity contribution in [3.05, 3.63) is 16.1 Å². The molecule has 0 saturated heterocycles. The zero-order chi connectivity index (χ0) is 11.4. The molecule has 0 spiro atoms. The molecular formula is C13H22N2S. The lowest BCUT2D eigenvalue weighted by Crippen LogP contribution is -2.32. The molecule has 90 valence electrons. The molecule has 1 saturated carbocycles. The van der Waals surface area contributed by atoms with Crippen LogP contribution in [0.2, 0.25) is 0 Å². The van der Waals surface area contributed by atoms with E-state index < -0.39 is 0 Å². The maximum Gasteiger partial charge on any atom is 0.0926 e. The van der Waals surface area contributed by atoms with Gasteiger partial charge in [0.2, 0.25) is 0 Å². The number of rotatable bonds is 4. The Labute approximate surface area is 103 Å². The lowest BCUT2D eigenvalue weighted by Gasteiger charge is -2.30. The third-order valence-corrected chi connectivity index (χ3v) is 4.55. The first-order chi connectivity index (χ1) is 7.79. The molecule has 1 aliphatic rings. The van der Waals surface area contributed by atoms with Gasteiger partial charge in [0.15, 0.2) is 0 Å². The van der Waals surface area contributed by atoms with Gasteiger partial charge in [-0.15, -0.1) is 11.3 Å². The first kappa shape index (κ1) is 12.1. The van der Waals surface area contributed by atoms with Crippen molar-refractivity contribution in [1.29, 1.82) is 0 Å². The van der Waals surface area contributed by atoms with Crippen LogP contribution in [-0.2, 0) is 13.0 Å². The Bertz CT molecular complexity index is 315. The highest BCUT2D eigenvalue weighted by atomic mass is 32.1. The van der Waals surface area contributed by atoms with Crippen LogP contribution >= 0.6 is 11.3 Å². The Hall–Kier alpha value is -0.410.